The van der Waals surface area contributed by atoms with Crippen molar-refractivity contribution in [1.29, 1.82) is 0 Å². The molecule has 0 saturated heterocycles. The number of Topliss-reactive ketones (excluding diaryl/α,β-unsaturated/α-hetero) is 1. The van der Waals surface area contributed by atoms with Gasteiger partial charge in [0.2, 0.25) is 11.7 Å². The molecule has 0 fully saturated rings. The van der Waals surface area contributed by atoms with Crippen LogP contribution in [0.1, 0.15) is 66.0 Å². The van der Waals surface area contributed by atoms with E-state index in [1.807, 2.05) is 44.2 Å². The smallest absolute Gasteiger partial charge is 0.408 e. The lowest BCUT2D eigenvalue weighted by Gasteiger charge is -2.26. The Morgan fingerprint density at radius 2 is 1.42 bits per heavy atom. The van der Waals surface area contributed by atoms with E-state index in [1.54, 1.807) is 58.9 Å². The van der Waals surface area contributed by atoms with Crippen molar-refractivity contribution in [2.45, 2.75) is 91.6 Å². The number of para-hydroxylation sites is 1. The first kappa shape index (κ1) is 36.8. The largest absolute Gasteiger partial charge is 0.496 e. The minimum absolute atomic E-state index is 0.0393. The molecule has 0 aliphatic carbocycles. The zero-order valence-electron chi connectivity index (χ0n) is 27.5. The van der Waals surface area contributed by atoms with Crippen molar-refractivity contribution in [3.63, 3.8) is 0 Å². The van der Waals surface area contributed by atoms with Crippen molar-refractivity contribution in [3.05, 3.63) is 65.7 Å². The summed E-state index contributed by atoms with van der Waals surface area (Å²) in [5.74, 6) is -3.21. The summed E-state index contributed by atoms with van der Waals surface area (Å²) in [5, 5.41) is 7.73. The van der Waals surface area contributed by atoms with Crippen molar-refractivity contribution in [3.8, 4) is 5.75 Å². The Hall–Kier alpha value is -4.41. The number of benzene rings is 2. The summed E-state index contributed by atoms with van der Waals surface area (Å²) < 4.78 is 16.2. The fraction of sp³-hybridized carbons (Fsp3) is 0.500. The van der Waals surface area contributed by atoms with Crippen LogP contribution in [0.3, 0.4) is 0 Å². The number of alkyl carbamates (subject to hydrolysis) is 1. The third-order valence-corrected chi connectivity index (χ3v) is 6.62. The van der Waals surface area contributed by atoms with E-state index in [0.29, 0.717) is 11.3 Å². The van der Waals surface area contributed by atoms with Gasteiger partial charge in [-0.15, -0.1) is 0 Å². The Kier molecular flexibility index (Phi) is 14.0. The molecule has 2 aromatic rings. The molecule has 2 rings (SSSR count). The summed E-state index contributed by atoms with van der Waals surface area (Å²) >= 11 is 0. The van der Waals surface area contributed by atoms with E-state index in [2.05, 4.69) is 16.0 Å². The number of hydrogen-bond acceptors (Lipinski definition) is 8. The van der Waals surface area contributed by atoms with E-state index in [9.17, 15) is 24.0 Å². The zero-order chi connectivity index (χ0) is 33.7. The molecule has 0 heterocycles. The Bertz CT molecular complexity index is 1300. The summed E-state index contributed by atoms with van der Waals surface area (Å²) in [4.78, 5) is 65.9. The van der Waals surface area contributed by atoms with Gasteiger partial charge in [0.05, 0.1) is 7.11 Å². The number of methoxy groups -OCH3 is 1. The van der Waals surface area contributed by atoms with Gasteiger partial charge in [0.1, 0.15) is 36.1 Å². The fourth-order valence-corrected chi connectivity index (χ4v) is 4.41. The summed E-state index contributed by atoms with van der Waals surface area (Å²) in [7, 11) is 1.47. The Balaban J connectivity index is 2.23. The maximum absolute atomic E-state index is 13.5. The molecule has 0 radical (unpaired) electrons. The number of hydrogen-bond donors (Lipinski definition) is 3. The molecule has 0 saturated carbocycles. The van der Waals surface area contributed by atoms with Crippen molar-refractivity contribution >= 4 is 29.7 Å². The third-order valence-electron chi connectivity index (χ3n) is 6.62. The Labute approximate surface area is 265 Å². The minimum Gasteiger partial charge on any atom is -0.496 e. The molecule has 0 aromatic heterocycles. The Morgan fingerprint density at radius 3 is 2.00 bits per heavy atom. The highest BCUT2D eigenvalue weighted by molar-refractivity contribution is 6.38. The molecule has 11 heteroatoms. The molecule has 2 aromatic carbocycles. The van der Waals surface area contributed by atoms with E-state index >= 15 is 0 Å². The first-order valence-corrected chi connectivity index (χ1v) is 15.1. The molecular weight excluding hydrogens is 578 g/mol. The van der Waals surface area contributed by atoms with Crippen LogP contribution in [0.5, 0.6) is 5.75 Å². The van der Waals surface area contributed by atoms with E-state index in [0.717, 1.165) is 5.56 Å². The second kappa shape index (κ2) is 17.2. The average Bonchev–Trinajstić information content (AvgIpc) is 2.96. The van der Waals surface area contributed by atoms with Crippen LogP contribution in [-0.4, -0.2) is 60.5 Å². The highest BCUT2D eigenvalue weighted by atomic mass is 16.6. The minimum atomic E-state index is -1.32. The van der Waals surface area contributed by atoms with Gasteiger partial charge in [-0.05, 0) is 56.2 Å². The van der Waals surface area contributed by atoms with Gasteiger partial charge in [-0.25, -0.2) is 9.59 Å². The maximum atomic E-state index is 13.5. The highest BCUT2D eigenvalue weighted by Gasteiger charge is 2.34. The number of carbonyl (C=O) groups excluding carboxylic acids is 5. The van der Waals surface area contributed by atoms with Gasteiger partial charge in [0.15, 0.2) is 0 Å². The molecule has 1 unspecified atom stereocenters. The monoisotopic (exact) mass is 625 g/mol. The first-order valence-electron chi connectivity index (χ1n) is 15.1. The van der Waals surface area contributed by atoms with Crippen LogP contribution in [0.4, 0.5) is 4.79 Å². The topological polar surface area (TPSA) is 149 Å². The van der Waals surface area contributed by atoms with Crippen LogP contribution in [0.2, 0.25) is 0 Å². The van der Waals surface area contributed by atoms with Crippen molar-refractivity contribution in [2.24, 2.45) is 11.8 Å². The lowest BCUT2D eigenvalue weighted by atomic mass is 9.98. The van der Waals surface area contributed by atoms with E-state index < -0.39 is 53.4 Å². The molecule has 0 aliphatic heterocycles. The van der Waals surface area contributed by atoms with Gasteiger partial charge in [-0.2, -0.15) is 0 Å². The van der Waals surface area contributed by atoms with Crippen LogP contribution < -0.4 is 20.7 Å². The first-order chi connectivity index (χ1) is 21.1. The second-order valence-electron chi connectivity index (χ2n) is 12.6. The summed E-state index contributed by atoms with van der Waals surface area (Å²) in [6.07, 6.45) is -0.765. The molecule has 11 nitrogen and oxygen atoms in total. The number of amides is 3. The number of rotatable bonds is 15. The number of ether oxygens (including phenoxy) is 3. The number of ketones is 1. The van der Waals surface area contributed by atoms with E-state index in [4.69, 9.17) is 14.2 Å². The number of carbonyl (C=O) groups is 5. The predicted octanol–water partition coefficient (Wildman–Crippen LogP) is 4.12. The summed E-state index contributed by atoms with van der Waals surface area (Å²) in [6, 6.07) is 12.6. The predicted molar refractivity (Wildman–Crippen MR) is 169 cm³/mol. The van der Waals surface area contributed by atoms with Gasteiger partial charge in [0.25, 0.3) is 5.91 Å². The van der Waals surface area contributed by atoms with Gasteiger partial charge >= 0.3 is 12.1 Å². The molecule has 0 bridgehead atoms. The van der Waals surface area contributed by atoms with Crippen LogP contribution >= 0.6 is 0 Å². The lowest BCUT2D eigenvalue weighted by Crippen LogP contribution is -2.57. The molecule has 45 heavy (non-hydrogen) atoms. The van der Waals surface area contributed by atoms with Gasteiger partial charge in [0, 0.05) is 6.42 Å². The molecule has 0 aliphatic rings. The lowest BCUT2D eigenvalue weighted by molar-refractivity contribution is -0.151. The highest BCUT2D eigenvalue weighted by Crippen LogP contribution is 2.20. The average molecular weight is 626 g/mol. The van der Waals surface area contributed by atoms with E-state index in [-0.39, 0.29) is 31.3 Å². The van der Waals surface area contributed by atoms with Crippen LogP contribution in [0, 0.1) is 11.8 Å². The Morgan fingerprint density at radius 1 is 0.800 bits per heavy atom. The van der Waals surface area contributed by atoms with E-state index in [1.165, 1.54) is 7.11 Å². The third kappa shape index (κ3) is 12.6. The van der Waals surface area contributed by atoms with Gasteiger partial charge in [-0.3, -0.25) is 14.4 Å². The zero-order valence-corrected chi connectivity index (χ0v) is 27.5. The molecule has 3 N–H and O–H groups in total. The van der Waals surface area contributed by atoms with Crippen molar-refractivity contribution in [2.75, 3.05) is 7.11 Å². The van der Waals surface area contributed by atoms with Gasteiger partial charge in [-0.1, -0.05) is 76.2 Å². The summed E-state index contributed by atoms with van der Waals surface area (Å²) in [6.45, 7) is 12.3. The number of nitrogens with one attached hydrogen (secondary N) is 3. The normalized spacial score (nSPS) is 13.3. The summed E-state index contributed by atoms with van der Waals surface area (Å²) in [5.41, 5.74) is 0.526. The fourth-order valence-electron chi connectivity index (χ4n) is 4.41. The molecule has 0 spiro atoms. The molecule has 3 amide bonds. The second-order valence-corrected chi connectivity index (χ2v) is 12.6. The standard InChI is InChI=1S/C34H47N3O8/c1-21(2)18-26(30(39)37-28(22(3)4)32(41)44-20-23-14-10-9-11-15-23)35-31(40)29(38)25(36-33(42)45-34(5,6)7)19-24-16-12-13-17-27(24)43-8/h9-17,21-22,25-26,28H,18-20H2,1-8H3,(H,35,40)(H,36,42)(H,37,39)/t25?,26-,28+/m1/s1. The van der Waals surface area contributed by atoms with Crippen molar-refractivity contribution in [1.82, 2.24) is 16.0 Å². The molecule has 246 valence electrons. The molecule has 3 atom stereocenters. The molecular formula is C34H47N3O8. The van der Waals surface area contributed by atoms with Gasteiger partial charge < -0.3 is 30.2 Å². The quantitative estimate of drug-likeness (QED) is 0.198. The van der Waals surface area contributed by atoms with Crippen LogP contribution in [0.15, 0.2) is 54.6 Å². The van der Waals surface area contributed by atoms with Crippen molar-refractivity contribution < 1.29 is 38.2 Å². The SMILES string of the molecule is COc1ccccc1CC(NC(=O)OC(C)(C)C)C(=O)C(=O)N[C@H](CC(C)C)C(=O)N[C@H](C(=O)OCc1ccccc1)C(C)C. The van der Waals surface area contributed by atoms with Crippen LogP contribution in [-0.2, 0) is 41.7 Å². The van der Waals surface area contributed by atoms with Crippen LogP contribution in [0.25, 0.3) is 0 Å². The maximum Gasteiger partial charge on any atom is 0.408 e. The number of esters is 1.